The summed E-state index contributed by atoms with van der Waals surface area (Å²) in [6, 6.07) is 5.13. The molecule has 0 aliphatic heterocycles. The first-order valence-electron chi connectivity index (χ1n) is 11.1. The molecule has 4 aliphatic rings. The normalized spacial score (nSPS) is 30.3. The number of aromatic nitrogens is 2. The summed E-state index contributed by atoms with van der Waals surface area (Å²) in [5, 5.41) is 3.29. The van der Waals surface area contributed by atoms with Crippen molar-refractivity contribution in [1.82, 2.24) is 15.3 Å². The summed E-state index contributed by atoms with van der Waals surface area (Å²) in [6.07, 6.45) is 6.37. The second-order valence-corrected chi connectivity index (χ2v) is 9.83. The largest absolute Gasteiger partial charge is 0.449 e. The smallest absolute Gasteiger partial charge is 0.338 e. The average Bonchev–Trinajstić information content (AvgIpc) is 2.67. The minimum absolute atomic E-state index is 0.0829. The van der Waals surface area contributed by atoms with Gasteiger partial charge in [0.25, 0.3) is 5.91 Å². The molecular formula is C24H29N3O3. The van der Waals surface area contributed by atoms with Gasteiger partial charge in [-0.2, -0.15) is 0 Å². The first-order chi connectivity index (χ1) is 14.3. The number of fused-ring (bicyclic) bond motifs is 1. The molecule has 4 aliphatic carbocycles. The van der Waals surface area contributed by atoms with Crippen LogP contribution in [0.25, 0.3) is 11.0 Å². The van der Waals surface area contributed by atoms with Crippen molar-refractivity contribution in [3.8, 4) is 0 Å². The van der Waals surface area contributed by atoms with Gasteiger partial charge in [0.05, 0.1) is 28.0 Å². The third kappa shape index (κ3) is 3.46. The maximum Gasteiger partial charge on any atom is 0.338 e. The molecule has 0 saturated heterocycles. The van der Waals surface area contributed by atoms with Gasteiger partial charge in [0, 0.05) is 5.54 Å². The Bertz CT molecular complexity index is 996. The molecule has 0 unspecified atom stereocenters. The van der Waals surface area contributed by atoms with Crippen molar-refractivity contribution in [2.75, 3.05) is 0 Å². The van der Waals surface area contributed by atoms with Crippen LogP contribution in [0, 0.1) is 31.6 Å². The van der Waals surface area contributed by atoms with Crippen molar-refractivity contribution in [2.45, 2.75) is 70.9 Å². The standard InChI is InChI=1S/C24H29N3O3/c1-13-14(2)26-21-9-19(4-5-20(21)25-13)23(29)30-15(3)22(28)27-24-10-16-6-17(11-24)8-18(7-16)12-24/h4-5,9,15-18H,6-8,10-12H2,1-3H3,(H,27,28)/t15-,16?,17?,18?,24?/m1/s1. The molecule has 2 aromatic rings. The third-order valence-electron chi connectivity index (χ3n) is 7.39. The van der Waals surface area contributed by atoms with Crippen LogP contribution in [-0.4, -0.2) is 33.5 Å². The predicted octanol–water partition coefficient (Wildman–Crippen LogP) is 3.88. The molecule has 30 heavy (non-hydrogen) atoms. The minimum Gasteiger partial charge on any atom is -0.449 e. The zero-order valence-corrected chi connectivity index (χ0v) is 17.9. The van der Waals surface area contributed by atoms with E-state index in [1.54, 1.807) is 25.1 Å². The number of rotatable bonds is 4. The lowest BCUT2D eigenvalue weighted by atomic mass is 9.53. The summed E-state index contributed by atoms with van der Waals surface area (Å²) in [7, 11) is 0. The van der Waals surface area contributed by atoms with E-state index in [4.69, 9.17) is 4.74 Å². The highest BCUT2D eigenvalue weighted by Crippen LogP contribution is 2.55. The van der Waals surface area contributed by atoms with E-state index >= 15 is 0 Å². The molecule has 4 saturated carbocycles. The van der Waals surface area contributed by atoms with Crippen LogP contribution in [0.3, 0.4) is 0 Å². The molecule has 158 valence electrons. The van der Waals surface area contributed by atoms with Crippen LogP contribution in [0.15, 0.2) is 18.2 Å². The second-order valence-electron chi connectivity index (χ2n) is 9.83. The number of hydrogen-bond donors (Lipinski definition) is 1. The van der Waals surface area contributed by atoms with Crippen molar-refractivity contribution in [2.24, 2.45) is 17.8 Å². The Morgan fingerprint density at radius 1 is 1.00 bits per heavy atom. The SMILES string of the molecule is Cc1nc2ccc(C(=O)O[C@H](C)C(=O)NC34CC5CC(CC(C5)C3)C4)cc2nc1C. The first kappa shape index (κ1) is 19.5. The molecule has 6 nitrogen and oxygen atoms in total. The Hall–Kier alpha value is -2.50. The Balaban J connectivity index is 1.26. The number of esters is 1. The van der Waals surface area contributed by atoms with Gasteiger partial charge in [-0.05, 0) is 95.2 Å². The number of carbonyl (C=O) groups excluding carboxylic acids is 2. The predicted molar refractivity (Wildman–Crippen MR) is 113 cm³/mol. The Morgan fingerprint density at radius 2 is 1.57 bits per heavy atom. The maximum atomic E-state index is 12.9. The molecule has 1 heterocycles. The van der Waals surface area contributed by atoms with Gasteiger partial charge in [0.1, 0.15) is 0 Å². The van der Waals surface area contributed by atoms with Gasteiger partial charge >= 0.3 is 5.97 Å². The van der Waals surface area contributed by atoms with Crippen molar-refractivity contribution < 1.29 is 14.3 Å². The van der Waals surface area contributed by atoms with E-state index in [1.165, 1.54) is 19.3 Å². The number of nitrogens with one attached hydrogen (secondary N) is 1. The fourth-order valence-electron chi connectivity index (χ4n) is 6.27. The molecular weight excluding hydrogens is 378 g/mol. The molecule has 0 spiro atoms. The van der Waals surface area contributed by atoms with Gasteiger partial charge in [0.15, 0.2) is 6.10 Å². The average molecular weight is 408 g/mol. The Kier molecular flexibility index (Phi) is 4.56. The van der Waals surface area contributed by atoms with Crippen LogP contribution in [-0.2, 0) is 9.53 Å². The van der Waals surface area contributed by atoms with Crippen LogP contribution >= 0.6 is 0 Å². The van der Waals surface area contributed by atoms with Gasteiger partial charge in [0.2, 0.25) is 0 Å². The molecule has 4 bridgehead atoms. The summed E-state index contributed by atoms with van der Waals surface area (Å²) in [6.45, 7) is 5.46. The number of hydrogen-bond acceptors (Lipinski definition) is 5. The Morgan fingerprint density at radius 3 is 2.17 bits per heavy atom. The fourth-order valence-corrected chi connectivity index (χ4v) is 6.27. The Labute approximate surface area is 176 Å². The number of benzene rings is 1. The molecule has 1 N–H and O–H groups in total. The third-order valence-corrected chi connectivity index (χ3v) is 7.39. The van der Waals surface area contributed by atoms with E-state index in [0.717, 1.165) is 53.9 Å². The number of amides is 1. The van der Waals surface area contributed by atoms with E-state index in [2.05, 4.69) is 15.3 Å². The van der Waals surface area contributed by atoms with Gasteiger partial charge in [-0.3, -0.25) is 4.79 Å². The van der Waals surface area contributed by atoms with Gasteiger partial charge in [-0.15, -0.1) is 0 Å². The molecule has 0 radical (unpaired) electrons. The van der Waals surface area contributed by atoms with Crippen molar-refractivity contribution in [1.29, 1.82) is 0 Å². The van der Waals surface area contributed by atoms with Gasteiger partial charge in [-0.1, -0.05) is 0 Å². The maximum absolute atomic E-state index is 12.9. The van der Waals surface area contributed by atoms with E-state index < -0.39 is 12.1 Å². The topological polar surface area (TPSA) is 81.2 Å². The summed E-state index contributed by atoms with van der Waals surface area (Å²) in [5.74, 6) is 1.56. The van der Waals surface area contributed by atoms with Crippen LogP contribution in [0.2, 0.25) is 0 Å². The lowest BCUT2D eigenvalue weighted by Crippen LogP contribution is -2.61. The van der Waals surface area contributed by atoms with Crippen LogP contribution in [0.1, 0.15) is 67.2 Å². The van der Waals surface area contributed by atoms with E-state index in [-0.39, 0.29) is 11.4 Å². The molecule has 1 atom stereocenters. The zero-order chi connectivity index (χ0) is 21.0. The fraction of sp³-hybridized carbons (Fsp3) is 0.583. The molecule has 4 fully saturated rings. The van der Waals surface area contributed by atoms with E-state index in [9.17, 15) is 9.59 Å². The summed E-state index contributed by atoms with van der Waals surface area (Å²) in [4.78, 5) is 34.5. The van der Waals surface area contributed by atoms with Crippen molar-refractivity contribution in [3.63, 3.8) is 0 Å². The van der Waals surface area contributed by atoms with Crippen molar-refractivity contribution >= 4 is 22.9 Å². The number of carbonyl (C=O) groups is 2. The number of aryl methyl sites for hydroxylation is 2. The molecule has 6 heteroatoms. The second kappa shape index (κ2) is 7.03. The quantitative estimate of drug-likeness (QED) is 0.778. The lowest BCUT2D eigenvalue weighted by molar-refractivity contribution is -0.134. The van der Waals surface area contributed by atoms with Crippen LogP contribution in [0.4, 0.5) is 0 Å². The molecule has 6 rings (SSSR count). The van der Waals surface area contributed by atoms with Gasteiger partial charge in [-0.25, -0.2) is 14.8 Å². The summed E-state index contributed by atoms with van der Waals surface area (Å²) >= 11 is 0. The molecule has 1 aromatic heterocycles. The van der Waals surface area contributed by atoms with Gasteiger partial charge < -0.3 is 10.1 Å². The summed E-state index contributed by atoms with van der Waals surface area (Å²) < 4.78 is 5.52. The van der Waals surface area contributed by atoms with Crippen LogP contribution in [0.5, 0.6) is 0 Å². The highest BCUT2D eigenvalue weighted by atomic mass is 16.5. The number of ether oxygens (including phenoxy) is 1. The monoisotopic (exact) mass is 407 g/mol. The minimum atomic E-state index is -0.827. The summed E-state index contributed by atoms with van der Waals surface area (Å²) in [5.41, 5.74) is 3.39. The molecule has 1 aromatic carbocycles. The van der Waals surface area contributed by atoms with E-state index in [1.807, 2.05) is 13.8 Å². The first-order valence-corrected chi connectivity index (χ1v) is 11.1. The van der Waals surface area contributed by atoms with E-state index in [0.29, 0.717) is 11.1 Å². The lowest BCUT2D eigenvalue weighted by Gasteiger charge is -2.57. The van der Waals surface area contributed by atoms with Crippen molar-refractivity contribution in [3.05, 3.63) is 35.2 Å². The highest BCUT2D eigenvalue weighted by Gasteiger charge is 2.51. The molecule has 1 amide bonds. The number of nitrogens with zero attached hydrogens (tertiary/aromatic N) is 2. The van der Waals surface area contributed by atoms with Crippen LogP contribution < -0.4 is 5.32 Å². The zero-order valence-electron chi connectivity index (χ0n) is 17.9. The highest BCUT2D eigenvalue weighted by molar-refractivity contribution is 5.95.